The predicted molar refractivity (Wildman–Crippen MR) is 82.0 cm³/mol. The standard InChI is InChI=1S/C14H13BrFNO3S/c1-9-3-2-4-12(14(9)15)17-21(19,20)13-7-11(16)6-5-10(13)8-18/h2-7,17-18H,8H2,1H3. The molecule has 0 saturated heterocycles. The lowest BCUT2D eigenvalue weighted by Crippen LogP contribution is -2.16. The summed E-state index contributed by atoms with van der Waals surface area (Å²) in [6.07, 6.45) is 0. The zero-order valence-electron chi connectivity index (χ0n) is 11.1. The van der Waals surface area contributed by atoms with Crippen LogP contribution in [0, 0.1) is 12.7 Å². The van der Waals surface area contributed by atoms with Gasteiger partial charge in [-0.15, -0.1) is 0 Å². The Bertz CT molecular complexity index is 778. The van der Waals surface area contributed by atoms with Crippen molar-refractivity contribution in [2.45, 2.75) is 18.4 Å². The van der Waals surface area contributed by atoms with Crippen molar-refractivity contribution in [1.82, 2.24) is 0 Å². The zero-order valence-corrected chi connectivity index (χ0v) is 13.5. The molecule has 112 valence electrons. The first kappa shape index (κ1) is 15.9. The first-order valence-electron chi connectivity index (χ1n) is 6.02. The minimum atomic E-state index is -4.00. The average Bonchev–Trinajstić information content (AvgIpc) is 2.44. The highest BCUT2D eigenvalue weighted by molar-refractivity contribution is 9.10. The molecule has 2 aromatic rings. The number of aliphatic hydroxyl groups excluding tert-OH is 1. The molecule has 0 aliphatic rings. The Morgan fingerprint density at radius 2 is 2.00 bits per heavy atom. The molecule has 0 amide bonds. The van der Waals surface area contributed by atoms with Crippen LogP contribution >= 0.6 is 15.9 Å². The van der Waals surface area contributed by atoms with E-state index in [1.807, 2.05) is 13.0 Å². The number of hydrogen-bond acceptors (Lipinski definition) is 3. The summed E-state index contributed by atoms with van der Waals surface area (Å²) in [4.78, 5) is -0.279. The summed E-state index contributed by atoms with van der Waals surface area (Å²) in [6.45, 7) is 1.33. The number of rotatable bonds is 4. The van der Waals surface area contributed by atoms with E-state index < -0.39 is 22.4 Å². The maximum atomic E-state index is 13.3. The third kappa shape index (κ3) is 3.42. The lowest BCUT2D eigenvalue weighted by molar-refractivity contribution is 0.278. The Morgan fingerprint density at radius 1 is 1.29 bits per heavy atom. The van der Waals surface area contributed by atoms with Gasteiger partial charge in [0, 0.05) is 4.47 Å². The lowest BCUT2D eigenvalue weighted by Gasteiger charge is -2.13. The summed E-state index contributed by atoms with van der Waals surface area (Å²) < 4.78 is 41.1. The third-order valence-corrected chi connectivity index (χ3v) is 5.43. The molecule has 2 rings (SSSR count). The molecule has 4 nitrogen and oxygen atoms in total. The van der Waals surface area contributed by atoms with E-state index in [0.717, 1.165) is 17.7 Å². The van der Waals surface area contributed by atoms with E-state index in [9.17, 15) is 17.9 Å². The molecule has 0 bridgehead atoms. The highest BCUT2D eigenvalue weighted by Crippen LogP contribution is 2.29. The van der Waals surface area contributed by atoms with Crippen LogP contribution in [0.5, 0.6) is 0 Å². The van der Waals surface area contributed by atoms with Crippen molar-refractivity contribution in [1.29, 1.82) is 0 Å². The number of benzene rings is 2. The fraction of sp³-hybridized carbons (Fsp3) is 0.143. The van der Waals surface area contributed by atoms with Crippen molar-refractivity contribution in [3.63, 3.8) is 0 Å². The molecule has 0 unspecified atom stereocenters. The van der Waals surface area contributed by atoms with Crippen molar-refractivity contribution >= 4 is 31.6 Å². The summed E-state index contributed by atoms with van der Waals surface area (Å²) in [5.41, 5.74) is 1.34. The third-order valence-electron chi connectivity index (χ3n) is 2.93. The van der Waals surface area contributed by atoms with Crippen LogP contribution < -0.4 is 4.72 Å². The smallest absolute Gasteiger partial charge is 0.262 e. The molecule has 2 N–H and O–H groups in total. The van der Waals surface area contributed by atoms with E-state index in [0.29, 0.717) is 10.2 Å². The number of aryl methyl sites for hydroxylation is 1. The van der Waals surface area contributed by atoms with Crippen molar-refractivity contribution in [2.75, 3.05) is 4.72 Å². The van der Waals surface area contributed by atoms with Crippen molar-refractivity contribution in [3.8, 4) is 0 Å². The molecule has 7 heteroatoms. The van der Waals surface area contributed by atoms with Gasteiger partial charge in [-0.25, -0.2) is 12.8 Å². The minimum absolute atomic E-state index is 0.132. The van der Waals surface area contributed by atoms with E-state index in [4.69, 9.17) is 0 Å². The molecule has 2 aromatic carbocycles. The molecule has 0 aromatic heterocycles. The van der Waals surface area contributed by atoms with Crippen molar-refractivity contribution in [3.05, 3.63) is 57.8 Å². The fourth-order valence-electron chi connectivity index (χ4n) is 1.84. The van der Waals surface area contributed by atoms with Gasteiger partial charge in [0.1, 0.15) is 5.82 Å². The van der Waals surface area contributed by atoms with E-state index in [1.165, 1.54) is 6.07 Å². The molecule has 0 atom stereocenters. The highest BCUT2D eigenvalue weighted by Gasteiger charge is 2.20. The maximum absolute atomic E-state index is 13.3. The topological polar surface area (TPSA) is 66.4 Å². The second kappa shape index (κ2) is 6.13. The molecular formula is C14H13BrFNO3S. The highest BCUT2D eigenvalue weighted by atomic mass is 79.9. The van der Waals surface area contributed by atoms with Crippen molar-refractivity contribution in [2.24, 2.45) is 0 Å². The van der Waals surface area contributed by atoms with Gasteiger partial charge >= 0.3 is 0 Å². The monoisotopic (exact) mass is 373 g/mol. The molecule has 0 fully saturated rings. The number of hydrogen-bond donors (Lipinski definition) is 2. The van der Waals surface area contributed by atoms with Crippen LogP contribution in [0.2, 0.25) is 0 Å². The lowest BCUT2D eigenvalue weighted by atomic mass is 10.2. The molecule has 0 aliphatic carbocycles. The van der Waals surface area contributed by atoms with Gasteiger partial charge in [0.25, 0.3) is 10.0 Å². The average molecular weight is 374 g/mol. The van der Waals surface area contributed by atoms with E-state index in [-0.39, 0.29) is 10.5 Å². The van der Waals surface area contributed by atoms with E-state index in [2.05, 4.69) is 20.7 Å². The zero-order chi connectivity index (χ0) is 15.6. The normalized spacial score (nSPS) is 11.4. The Labute approximate surface area is 130 Å². The summed E-state index contributed by atoms with van der Waals surface area (Å²) in [5.74, 6) is -0.684. The Balaban J connectivity index is 2.48. The summed E-state index contributed by atoms with van der Waals surface area (Å²) >= 11 is 3.31. The number of halogens is 2. The van der Waals surface area contributed by atoms with E-state index >= 15 is 0 Å². The largest absolute Gasteiger partial charge is 0.392 e. The molecule has 0 spiro atoms. The van der Waals surface area contributed by atoms with E-state index in [1.54, 1.807) is 12.1 Å². The SMILES string of the molecule is Cc1cccc(NS(=O)(=O)c2cc(F)ccc2CO)c1Br. The molecule has 0 radical (unpaired) electrons. The van der Waals surface area contributed by atoms with Gasteiger partial charge in [0.2, 0.25) is 0 Å². The number of anilines is 1. The Morgan fingerprint density at radius 3 is 2.67 bits per heavy atom. The van der Waals surface area contributed by atoms with Gasteiger partial charge in [0.05, 0.1) is 17.2 Å². The van der Waals surface area contributed by atoms with Gasteiger partial charge < -0.3 is 5.11 Å². The number of nitrogens with one attached hydrogen (secondary N) is 1. The summed E-state index contributed by atoms with van der Waals surface area (Å²) in [5, 5.41) is 9.21. The van der Waals surface area contributed by atoms with Crippen LogP contribution in [0.4, 0.5) is 10.1 Å². The van der Waals surface area contributed by atoms with Crippen LogP contribution in [0.1, 0.15) is 11.1 Å². The fourth-order valence-corrected chi connectivity index (χ4v) is 3.64. The summed E-state index contributed by atoms with van der Waals surface area (Å²) in [7, 11) is -4.00. The maximum Gasteiger partial charge on any atom is 0.262 e. The second-order valence-corrected chi connectivity index (χ2v) is 6.90. The molecule has 0 saturated carbocycles. The Kier molecular flexibility index (Phi) is 4.65. The Hall–Kier alpha value is -1.44. The van der Waals surface area contributed by atoms with Gasteiger partial charge in [-0.05, 0) is 52.2 Å². The van der Waals surface area contributed by atoms with Gasteiger partial charge in [-0.1, -0.05) is 18.2 Å². The quantitative estimate of drug-likeness (QED) is 0.864. The first-order valence-corrected chi connectivity index (χ1v) is 8.30. The predicted octanol–water partition coefficient (Wildman–Crippen LogP) is 3.19. The van der Waals surface area contributed by atoms with Crippen LogP contribution in [-0.4, -0.2) is 13.5 Å². The van der Waals surface area contributed by atoms with Crippen LogP contribution in [0.25, 0.3) is 0 Å². The van der Waals surface area contributed by atoms with Gasteiger partial charge in [-0.3, -0.25) is 4.72 Å². The molecule has 0 aliphatic heterocycles. The summed E-state index contributed by atoms with van der Waals surface area (Å²) in [6, 6.07) is 8.35. The first-order chi connectivity index (χ1) is 9.85. The number of sulfonamides is 1. The molecule has 21 heavy (non-hydrogen) atoms. The van der Waals surface area contributed by atoms with Crippen LogP contribution in [-0.2, 0) is 16.6 Å². The van der Waals surface area contributed by atoms with Crippen LogP contribution in [0.3, 0.4) is 0 Å². The van der Waals surface area contributed by atoms with Gasteiger partial charge in [0.15, 0.2) is 0 Å². The number of aliphatic hydroxyl groups is 1. The molecular weight excluding hydrogens is 361 g/mol. The van der Waals surface area contributed by atoms with Crippen LogP contribution in [0.15, 0.2) is 45.8 Å². The molecule has 0 heterocycles. The van der Waals surface area contributed by atoms with Gasteiger partial charge in [-0.2, -0.15) is 0 Å². The minimum Gasteiger partial charge on any atom is -0.392 e. The van der Waals surface area contributed by atoms with Crippen molar-refractivity contribution < 1.29 is 17.9 Å². The second-order valence-electron chi connectivity index (χ2n) is 4.45.